The molecule has 1 aromatic heterocycles. The second-order valence-electron chi connectivity index (χ2n) is 7.05. The first-order chi connectivity index (χ1) is 12.6. The molecular weight excluding hydrogens is 348 g/mol. The number of hydrogen-bond acceptors (Lipinski definition) is 6. The molecule has 0 aliphatic carbocycles. The van der Waals surface area contributed by atoms with Crippen LogP contribution in [0.15, 0.2) is 53.3 Å². The zero-order valence-electron chi connectivity index (χ0n) is 14.8. The number of aromatic nitrogens is 2. The fourth-order valence-corrected chi connectivity index (χ4v) is 5.97. The Labute approximate surface area is 154 Å². The maximum absolute atomic E-state index is 13.1. The summed E-state index contributed by atoms with van der Waals surface area (Å²) in [5.74, 6) is 1.20. The Morgan fingerprint density at radius 1 is 1.19 bits per heavy atom. The van der Waals surface area contributed by atoms with E-state index in [2.05, 4.69) is 19.2 Å². The molecule has 0 saturated carbocycles. The minimum Gasteiger partial charge on any atom is -0.372 e. The van der Waals surface area contributed by atoms with Crippen molar-refractivity contribution in [2.75, 3.05) is 31.2 Å². The highest BCUT2D eigenvalue weighted by molar-refractivity contribution is 7.93. The molecule has 4 rings (SSSR count). The first-order valence-electron chi connectivity index (χ1n) is 9.04. The Morgan fingerprint density at radius 3 is 2.73 bits per heavy atom. The van der Waals surface area contributed by atoms with E-state index in [1.165, 1.54) is 0 Å². The van der Waals surface area contributed by atoms with E-state index in [0.29, 0.717) is 18.1 Å². The summed E-state index contributed by atoms with van der Waals surface area (Å²) in [6.07, 6.45) is 6.82. The van der Waals surface area contributed by atoms with Gasteiger partial charge in [-0.25, -0.2) is 4.21 Å². The molecule has 1 aromatic carbocycles. The Bertz CT molecular complexity index is 836. The molecule has 2 aliphatic rings. The molecule has 0 unspecified atom stereocenters. The van der Waals surface area contributed by atoms with Crippen LogP contribution in [0.3, 0.4) is 0 Å². The molecule has 2 aromatic rings. The molecule has 1 spiro atoms. The summed E-state index contributed by atoms with van der Waals surface area (Å²) in [6.45, 7) is 3.23. The molecule has 0 radical (unpaired) electrons. The first-order valence-corrected chi connectivity index (χ1v) is 10.9. The number of rotatable bonds is 3. The van der Waals surface area contributed by atoms with Crippen LogP contribution < -0.4 is 0 Å². The molecule has 7 heteroatoms. The topological polar surface area (TPSA) is 67.7 Å². The van der Waals surface area contributed by atoms with Gasteiger partial charge in [-0.3, -0.25) is 14.9 Å². The summed E-state index contributed by atoms with van der Waals surface area (Å²) < 4.78 is 23.8. The van der Waals surface area contributed by atoms with Gasteiger partial charge in [0, 0.05) is 49.7 Å². The Hall–Kier alpha value is -1.83. The lowest BCUT2D eigenvalue weighted by atomic mass is 9.94. The van der Waals surface area contributed by atoms with E-state index in [-0.39, 0.29) is 5.60 Å². The molecule has 2 fully saturated rings. The molecule has 0 amide bonds. The quantitative estimate of drug-likeness (QED) is 0.829. The summed E-state index contributed by atoms with van der Waals surface area (Å²) in [4.78, 5) is 10.9. The van der Waals surface area contributed by atoms with Crippen molar-refractivity contribution in [2.45, 2.75) is 25.0 Å². The lowest BCUT2D eigenvalue weighted by molar-refractivity contribution is -0.116. The van der Waals surface area contributed by atoms with Crippen molar-refractivity contribution < 1.29 is 8.95 Å². The van der Waals surface area contributed by atoms with Crippen LogP contribution in [0.2, 0.25) is 0 Å². The molecule has 0 bridgehead atoms. The van der Waals surface area contributed by atoms with E-state index in [4.69, 9.17) is 4.74 Å². The van der Waals surface area contributed by atoms with Crippen molar-refractivity contribution in [3.63, 3.8) is 0 Å². The second kappa shape index (κ2) is 7.42. The third-order valence-corrected chi connectivity index (χ3v) is 7.34. The summed E-state index contributed by atoms with van der Waals surface area (Å²) in [5.41, 5.74) is 1.58. The van der Waals surface area contributed by atoms with Crippen molar-refractivity contribution >= 4 is 15.4 Å². The van der Waals surface area contributed by atoms with Crippen LogP contribution in [0, 0.1) is 0 Å². The molecule has 26 heavy (non-hydrogen) atoms. The van der Waals surface area contributed by atoms with Crippen LogP contribution in [0.4, 0.5) is 5.69 Å². The van der Waals surface area contributed by atoms with Gasteiger partial charge in [0.25, 0.3) is 0 Å². The van der Waals surface area contributed by atoms with E-state index in [1.54, 1.807) is 12.4 Å². The molecule has 0 atom stereocenters. The average Bonchev–Trinajstić information content (AvgIpc) is 2.67. The monoisotopic (exact) mass is 372 g/mol. The molecular formula is C19H24N4O2S. The molecule has 2 saturated heterocycles. The average molecular weight is 372 g/mol. The van der Waals surface area contributed by atoms with E-state index in [9.17, 15) is 4.21 Å². The van der Waals surface area contributed by atoms with Crippen LogP contribution in [-0.4, -0.2) is 55.9 Å². The van der Waals surface area contributed by atoms with Gasteiger partial charge in [0.1, 0.15) is 0 Å². The van der Waals surface area contributed by atoms with Crippen molar-refractivity contribution in [3.8, 4) is 0 Å². The summed E-state index contributed by atoms with van der Waals surface area (Å²) >= 11 is 0. The predicted molar refractivity (Wildman–Crippen MR) is 102 cm³/mol. The Morgan fingerprint density at radius 2 is 2.00 bits per heavy atom. The van der Waals surface area contributed by atoms with Crippen molar-refractivity contribution in [1.29, 1.82) is 0 Å². The molecule has 6 nitrogen and oxygen atoms in total. The fourth-order valence-electron chi connectivity index (χ4n) is 3.69. The van der Waals surface area contributed by atoms with Crippen LogP contribution >= 0.6 is 0 Å². The van der Waals surface area contributed by atoms with Gasteiger partial charge in [0.2, 0.25) is 0 Å². The number of ether oxygens (including phenoxy) is 1. The molecule has 2 aliphatic heterocycles. The number of hydrogen-bond donors (Lipinski definition) is 0. The highest BCUT2D eigenvalue weighted by atomic mass is 32.2. The maximum Gasteiger partial charge on any atom is 0.0827 e. The van der Waals surface area contributed by atoms with Crippen LogP contribution in [0.5, 0.6) is 0 Å². The van der Waals surface area contributed by atoms with E-state index in [0.717, 1.165) is 43.9 Å². The van der Waals surface area contributed by atoms with Gasteiger partial charge in [-0.2, -0.15) is 4.36 Å². The van der Waals surface area contributed by atoms with Gasteiger partial charge >= 0.3 is 0 Å². The number of benzene rings is 1. The number of nitrogens with zero attached hydrogens (tertiary/aromatic N) is 4. The minimum atomic E-state index is -2.19. The highest BCUT2D eigenvalue weighted by Crippen LogP contribution is 2.33. The Balaban J connectivity index is 1.43. The van der Waals surface area contributed by atoms with Crippen molar-refractivity contribution in [1.82, 2.24) is 14.9 Å². The smallest absolute Gasteiger partial charge is 0.0827 e. The van der Waals surface area contributed by atoms with Gasteiger partial charge in [-0.05, 0) is 25.0 Å². The third kappa shape index (κ3) is 4.11. The molecule has 0 N–H and O–H groups in total. The van der Waals surface area contributed by atoms with Gasteiger partial charge in [-0.1, -0.05) is 18.2 Å². The standard InChI is InChI=1S/C19H24N4O2S/c24-26(22-17-4-2-1-3-5-17)12-6-19(7-13-26)16-23(10-11-25-19)15-18-14-20-8-9-21-18/h1-5,8-9,14H,6-7,10-13,15-16H2. The van der Waals surface area contributed by atoms with Gasteiger partial charge in [-0.15, -0.1) is 0 Å². The third-order valence-electron chi connectivity index (χ3n) is 5.11. The Kier molecular flexibility index (Phi) is 5.02. The lowest BCUT2D eigenvalue weighted by Crippen LogP contribution is -2.54. The van der Waals surface area contributed by atoms with Crippen LogP contribution in [-0.2, 0) is 21.0 Å². The SMILES string of the molecule is O=S1(=Nc2ccccc2)CCC2(CC1)CN(Cc1cnccn1)CCO2. The van der Waals surface area contributed by atoms with E-state index >= 15 is 0 Å². The largest absolute Gasteiger partial charge is 0.372 e. The van der Waals surface area contributed by atoms with Crippen LogP contribution in [0.1, 0.15) is 18.5 Å². The van der Waals surface area contributed by atoms with Gasteiger partial charge in [0.15, 0.2) is 0 Å². The van der Waals surface area contributed by atoms with Crippen LogP contribution in [0.25, 0.3) is 0 Å². The second-order valence-corrected chi connectivity index (χ2v) is 9.59. The highest BCUT2D eigenvalue weighted by Gasteiger charge is 2.41. The lowest BCUT2D eigenvalue weighted by Gasteiger charge is -2.45. The summed E-state index contributed by atoms with van der Waals surface area (Å²) in [5, 5.41) is 0. The van der Waals surface area contributed by atoms with Gasteiger partial charge < -0.3 is 4.74 Å². The summed E-state index contributed by atoms with van der Waals surface area (Å²) in [7, 11) is -2.19. The van der Waals surface area contributed by atoms with E-state index < -0.39 is 9.73 Å². The summed E-state index contributed by atoms with van der Waals surface area (Å²) in [6, 6.07) is 9.64. The zero-order chi connectivity index (χ0) is 17.9. The maximum atomic E-state index is 13.1. The first kappa shape index (κ1) is 17.6. The van der Waals surface area contributed by atoms with Crippen molar-refractivity contribution in [2.24, 2.45) is 4.36 Å². The fraction of sp³-hybridized carbons (Fsp3) is 0.474. The van der Waals surface area contributed by atoms with Gasteiger partial charge in [0.05, 0.1) is 33.3 Å². The number of morpholine rings is 1. The normalized spacial score (nSPS) is 29.5. The molecule has 3 heterocycles. The predicted octanol–water partition coefficient (Wildman–Crippen LogP) is 2.64. The zero-order valence-corrected chi connectivity index (χ0v) is 15.6. The van der Waals surface area contributed by atoms with Crippen molar-refractivity contribution in [3.05, 3.63) is 54.6 Å². The molecule has 138 valence electrons. The minimum absolute atomic E-state index is 0.201. The van der Waals surface area contributed by atoms with E-state index in [1.807, 2.05) is 36.5 Å².